The minimum Gasteiger partial charge on any atom is -0.488 e. The molecule has 0 aliphatic carbocycles. The quantitative estimate of drug-likeness (QED) is 0.909. The molecule has 1 heterocycles. The van der Waals surface area contributed by atoms with Gasteiger partial charge in [0, 0.05) is 26.9 Å². The number of aryl methyl sites for hydroxylation is 3. The summed E-state index contributed by atoms with van der Waals surface area (Å²) in [5.74, 6) is 0.921. The third kappa shape index (κ3) is 3.30. The monoisotopic (exact) mass is 295 g/mol. The van der Waals surface area contributed by atoms with Gasteiger partial charge in [-0.25, -0.2) is 0 Å². The Morgan fingerprint density at radius 3 is 2.32 bits per heavy atom. The molecule has 0 radical (unpaired) electrons. The first-order valence-corrected chi connectivity index (χ1v) is 7.38. The van der Waals surface area contributed by atoms with Gasteiger partial charge in [0.05, 0.1) is 0 Å². The van der Waals surface area contributed by atoms with Crippen molar-refractivity contribution in [3.8, 4) is 5.75 Å². The third-order valence-electron chi connectivity index (χ3n) is 3.07. The van der Waals surface area contributed by atoms with Crippen molar-refractivity contribution < 1.29 is 4.74 Å². The smallest absolute Gasteiger partial charge is 0.125 e. The van der Waals surface area contributed by atoms with E-state index in [1.54, 1.807) is 11.3 Å². The fourth-order valence-corrected chi connectivity index (χ4v) is 3.36. The Kier molecular flexibility index (Phi) is 4.50. The number of rotatable bonds is 4. The number of ether oxygens (including phenoxy) is 1. The van der Waals surface area contributed by atoms with E-state index < -0.39 is 0 Å². The fraction of sp³-hybridized carbons (Fsp3) is 0.333. The van der Waals surface area contributed by atoms with Crippen molar-refractivity contribution in [1.29, 1.82) is 0 Å². The Morgan fingerprint density at radius 2 is 1.79 bits per heavy atom. The summed E-state index contributed by atoms with van der Waals surface area (Å²) >= 11 is 7.75. The zero-order chi connectivity index (χ0) is 14.0. The molecule has 1 aromatic heterocycles. The van der Waals surface area contributed by atoms with Crippen LogP contribution in [0.1, 0.15) is 26.4 Å². The molecular formula is C15H18ClNOS. The first kappa shape index (κ1) is 14.4. The average molecular weight is 296 g/mol. The molecule has 2 N–H and O–H groups in total. The van der Waals surface area contributed by atoms with Crippen molar-refractivity contribution in [2.24, 2.45) is 5.73 Å². The molecule has 19 heavy (non-hydrogen) atoms. The minimum absolute atomic E-state index is 0.575. The Labute approximate surface area is 123 Å². The summed E-state index contributed by atoms with van der Waals surface area (Å²) in [6, 6.07) is 5.98. The molecule has 1 aromatic carbocycles. The second-order valence-corrected chi connectivity index (χ2v) is 6.43. The number of thiophene rings is 1. The van der Waals surface area contributed by atoms with Gasteiger partial charge in [-0.05, 0) is 50.1 Å². The second kappa shape index (κ2) is 5.95. The number of halogens is 1. The maximum atomic E-state index is 6.02. The summed E-state index contributed by atoms with van der Waals surface area (Å²) in [6.45, 7) is 7.29. The molecular weight excluding hydrogens is 278 g/mol. The Balaban J connectivity index is 2.16. The van der Waals surface area contributed by atoms with Crippen molar-refractivity contribution in [3.63, 3.8) is 0 Å². The van der Waals surface area contributed by atoms with Crippen molar-refractivity contribution in [2.75, 3.05) is 0 Å². The number of benzene rings is 1. The molecule has 0 fully saturated rings. The van der Waals surface area contributed by atoms with Crippen LogP contribution in [0.15, 0.2) is 18.2 Å². The average Bonchev–Trinajstić information content (AvgIpc) is 2.69. The molecule has 0 aliphatic rings. The minimum atomic E-state index is 0.575. The SMILES string of the molecule is Cc1cc(Cl)cc(C)c1OCc1cc(CN)sc1C. The number of nitrogens with two attached hydrogens (primary N) is 1. The van der Waals surface area contributed by atoms with E-state index in [1.165, 1.54) is 15.3 Å². The van der Waals surface area contributed by atoms with Gasteiger partial charge in [-0.3, -0.25) is 0 Å². The zero-order valence-electron chi connectivity index (χ0n) is 11.4. The van der Waals surface area contributed by atoms with Gasteiger partial charge < -0.3 is 10.5 Å². The van der Waals surface area contributed by atoms with Crippen molar-refractivity contribution >= 4 is 22.9 Å². The molecule has 0 atom stereocenters. The van der Waals surface area contributed by atoms with E-state index in [0.717, 1.165) is 21.9 Å². The summed E-state index contributed by atoms with van der Waals surface area (Å²) in [4.78, 5) is 2.46. The van der Waals surface area contributed by atoms with Gasteiger partial charge in [-0.2, -0.15) is 0 Å². The van der Waals surface area contributed by atoms with Crippen LogP contribution < -0.4 is 10.5 Å². The third-order valence-corrected chi connectivity index (χ3v) is 4.40. The lowest BCUT2D eigenvalue weighted by Crippen LogP contribution is -1.99. The molecule has 0 amide bonds. The van der Waals surface area contributed by atoms with Gasteiger partial charge in [0.25, 0.3) is 0 Å². The summed E-state index contributed by atoms with van der Waals surface area (Å²) in [7, 11) is 0. The predicted octanol–water partition coefficient (Wildman–Crippen LogP) is 4.36. The summed E-state index contributed by atoms with van der Waals surface area (Å²) in [5.41, 5.74) is 9.00. The molecule has 0 aliphatic heterocycles. The molecule has 0 unspecified atom stereocenters. The van der Waals surface area contributed by atoms with Crippen molar-refractivity contribution in [3.05, 3.63) is 49.7 Å². The highest BCUT2D eigenvalue weighted by molar-refractivity contribution is 7.12. The van der Waals surface area contributed by atoms with Crippen LogP contribution in [0, 0.1) is 20.8 Å². The molecule has 2 rings (SSSR count). The van der Waals surface area contributed by atoms with Crippen LogP contribution in [0.2, 0.25) is 5.02 Å². The van der Waals surface area contributed by atoms with Gasteiger partial charge in [0.15, 0.2) is 0 Å². The van der Waals surface area contributed by atoms with E-state index in [-0.39, 0.29) is 0 Å². The van der Waals surface area contributed by atoms with Gasteiger partial charge in [-0.15, -0.1) is 11.3 Å². The molecule has 0 saturated heterocycles. The molecule has 4 heteroatoms. The molecule has 0 saturated carbocycles. The van der Waals surface area contributed by atoms with Crippen LogP contribution in [0.4, 0.5) is 0 Å². The van der Waals surface area contributed by atoms with E-state index in [4.69, 9.17) is 22.1 Å². The van der Waals surface area contributed by atoms with Gasteiger partial charge in [0.1, 0.15) is 12.4 Å². The lowest BCUT2D eigenvalue weighted by atomic mass is 10.1. The van der Waals surface area contributed by atoms with E-state index in [9.17, 15) is 0 Å². The highest BCUT2D eigenvalue weighted by Crippen LogP contribution is 2.29. The normalized spacial score (nSPS) is 10.8. The summed E-state index contributed by atoms with van der Waals surface area (Å²) < 4.78 is 5.95. The highest BCUT2D eigenvalue weighted by atomic mass is 35.5. The lowest BCUT2D eigenvalue weighted by molar-refractivity contribution is 0.302. The van der Waals surface area contributed by atoms with E-state index in [0.29, 0.717) is 13.2 Å². The molecule has 2 nitrogen and oxygen atoms in total. The fourth-order valence-electron chi connectivity index (χ4n) is 2.11. The lowest BCUT2D eigenvalue weighted by Gasteiger charge is -2.12. The van der Waals surface area contributed by atoms with Crippen LogP contribution >= 0.6 is 22.9 Å². The Hall–Kier alpha value is -1.03. The first-order chi connectivity index (χ1) is 9.01. The van der Waals surface area contributed by atoms with Crippen LogP contribution in [0.5, 0.6) is 5.75 Å². The largest absolute Gasteiger partial charge is 0.488 e. The van der Waals surface area contributed by atoms with Crippen LogP contribution in [0.25, 0.3) is 0 Å². The standard InChI is InChI=1S/C15H18ClNOS/c1-9-4-13(16)5-10(2)15(9)18-8-12-6-14(7-17)19-11(12)3/h4-6H,7-8,17H2,1-3H3. The second-order valence-electron chi connectivity index (χ2n) is 4.66. The maximum Gasteiger partial charge on any atom is 0.125 e. The van der Waals surface area contributed by atoms with Crippen LogP contribution in [-0.4, -0.2) is 0 Å². The number of hydrogen-bond donors (Lipinski definition) is 1. The van der Waals surface area contributed by atoms with Gasteiger partial charge in [-0.1, -0.05) is 11.6 Å². The molecule has 0 bridgehead atoms. The Morgan fingerprint density at radius 1 is 1.16 bits per heavy atom. The molecule has 0 spiro atoms. The van der Waals surface area contributed by atoms with Crippen molar-refractivity contribution in [1.82, 2.24) is 0 Å². The van der Waals surface area contributed by atoms with Gasteiger partial charge in [0.2, 0.25) is 0 Å². The van der Waals surface area contributed by atoms with Crippen LogP contribution in [0.3, 0.4) is 0 Å². The summed E-state index contributed by atoms with van der Waals surface area (Å²) in [5, 5.41) is 0.750. The Bertz CT molecular complexity index is 569. The van der Waals surface area contributed by atoms with E-state index in [2.05, 4.69) is 13.0 Å². The van der Waals surface area contributed by atoms with Crippen LogP contribution in [-0.2, 0) is 13.2 Å². The molecule has 102 valence electrons. The van der Waals surface area contributed by atoms with Crippen molar-refractivity contribution in [2.45, 2.75) is 33.9 Å². The first-order valence-electron chi connectivity index (χ1n) is 6.19. The predicted molar refractivity (Wildman–Crippen MR) is 82.2 cm³/mol. The topological polar surface area (TPSA) is 35.2 Å². The van der Waals surface area contributed by atoms with Gasteiger partial charge >= 0.3 is 0 Å². The zero-order valence-corrected chi connectivity index (χ0v) is 13.0. The molecule has 2 aromatic rings. The maximum absolute atomic E-state index is 6.02. The summed E-state index contributed by atoms with van der Waals surface area (Å²) in [6.07, 6.45) is 0. The van der Waals surface area contributed by atoms with E-state index >= 15 is 0 Å². The van der Waals surface area contributed by atoms with E-state index in [1.807, 2.05) is 26.0 Å². The number of hydrogen-bond acceptors (Lipinski definition) is 3. The highest BCUT2D eigenvalue weighted by Gasteiger charge is 2.09.